The molecule has 1 rings (SSSR count). The molecule has 0 fully saturated rings. The Labute approximate surface area is 101 Å². The van der Waals surface area contributed by atoms with Gasteiger partial charge in [0.25, 0.3) is 0 Å². The van der Waals surface area contributed by atoms with Crippen LogP contribution in [-0.2, 0) is 4.79 Å². The molecule has 0 amide bonds. The quantitative estimate of drug-likeness (QED) is 0.740. The van der Waals surface area contributed by atoms with E-state index in [2.05, 4.69) is 9.98 Å². The van der Waals surface area contributed by atoms with Crippen molar-refractivity contribution in [1.29, 1.82) is 0 Å². The summed E-state index contributed by atoms with van der Waals surface area (Å²) in [7, 11) is 3.47. The molecule has 0 radical (unpaired) electrons. The Balaban J connectivity index is 2.79. The molecule has 0 bridgehead atoms. The van der Waals surface area contributed by atoms with Crippen LogP contribution < -0.4 is 5.73 Å². The normalized spacial score (nSPS) is 21.2. The molecule has 0 aliphatic carbocycles. The molecule has 0 unspecified atom stereocenters. The molecule has 0 spiro atoms. The summed E-state index contributed by atoms with van der Waals surface area (Å²) < 4.78 is 0. The number of carbonyl (C=O) groups is 1. The van der Waals surface area contributed by atoms with E-state index in [0.717, 1.165) is 36.2 Å². The molecule has 0 saturated heterocycles. The second kappa shape index (κ2) is 5.98. The van der Waals surface area contributed by atoms with Gasteiger partial charge in [0.2, 0.25) is 0 Å². The lowest BCUT2D eigenvalue weighted by molar-refractivity contribution is -0.103. The van der Waals surface area contributed by atoms with Crippen molar-refractivity contribution in [3.05, 3.63) is 23.5 Å². The third-order valence-electron chi connectivity index (χ3n) is 2.60. The maximum atomic E-state index is 10.8. The van der Waals surface area contributed by atoms with E-state index in [1.54, 1.807) is 25.2 Å². The van der Waals surface area contributed by atoms with Crippen LogP contribution in [0.15, 0.2) is 33.5 Å². The second-order valence-corrected chi connectivity index (χ2v) is 3.84. The van der Waals surface area contributed by atoms with Crippen LogP contribution >= 0.6 is 0 Å². The summed E-state index contributed by atoms with van der Waals surface area (Å²) in [6.45, 7) is 1.98. The van der Waals surface area contributed by atoms with Crippen LogP contribution in [0.1, 0.15) is 19.8 Å². The molecular formula is C12H18N4O. The molecule has 1 aliphatic rings. The van der Waals surface area contributed by atoms with Gasteiger partial charge in [0.1, 0.15) is 5.70 Å². The SMILES string of the molecule is CN=C1/C(=C\CC/C(C)=C/N)N=C(C=O)N1C. The van der Waals surface area contributed by atoms with Gasteiger partial charge in [-0.25, -0.2) is 4.99 Å². The summed E-state index contributed by atoms with van der Waals surface area (Å²) in [4.78, 5) is 20.8. The number of amidine groups is 2. The van der Waals surface area contributed by atoms with E-state index in [1.807, 2.05) is 13.0 Å². The first-order valence-electron chi connectivity index (χ1n) is 5.46. The minimum atomic E-state index is 0.392. The lowest BCUT2D eigenvalue weighted by atomic mass is 10.1. The smallest absolute Gasteiger partial charge is 0.185 e. The summed E-state index contributed by atoms with van der Waals surface area (Å²) in [6, 6.07) is 0. The Hall–Kier alpha value is -1.91. The van der Waals surface area contributed by atoms with E-state index in [9.17, 15) is 4.79 Å². The van der Waals surface area contributed by atoms with E-state index in [0.29, 0.717) is 5.84 Å². The van der Waals surface area contributed by atoms with Gasteiger partial charge in [-0.15, -0.1) is 0 Å². The number of carbonyl (C=O) groups excluding carboxylic acids is 1. The van der Waals surface area contributed by atoms with Crippen LogP contribution in [0.4, 0.5) is 0 Å². The van der Waals surface area contributed by atoms with Crippen molar-refractivity contribution in [3.63, 3.8) is 0 Å². The van der Waals surface area contributed by atoms with Crippen LogP contribution in [0.2, 0.25) is 0 Å². The van der Waals surface area contributed by atoms with Crippen molar-refractivity contribution >= 4 is 18.0 Å². The number of likely N-dealkylation sites (N-methyl/N-ethyl adjacent to an activating group) is 1. The molecule has 0 aromatic rings. The van der Waals surface area contributed by atoms with E-state index >= 15 is 0 Å². The van der Waals surface area contributed by atoms with Crippen molar-refractivity contribution in [2.24, 2.45) is 15.7 Å². The van der Waals surface area contributed by atoms with Crippen LogP contribution in [0.5, 0.6) is 0 Å². The van der Waals surface area contributed by atoms with Gasteiger partial charge in [-0.1, -0.05) is 11.6 Å². The standard InChI is InChI=1S/C12H18N4O/c1-9(7-13)5-4-6-10-12(14-2)16(3)11(8-17)15-10/h6-8H,4-5,13H2,1-3H3/b9-7+,10-6+,14-12?. The average molecular weight is 234 g/mol. The van der Waals surface area contributed by atoms with Crippen LogP contribution in [0.3, 0.4) is 0 Å². The predicted molar refractivity (Wildman–Crippen MR) is 69.9 cm³/mol. The van der Waals surface area contributed by atoms with Gasteiger partial charge in [0.05, 0.1) is 0 Å². The third-order valence-corrected chi connectivity index (χ3v) is 2.60. The van der Waals surface area contributed by atoms with Gasteiger partial charge in [0.15, 0.2) is 18.0 Å². The van der Waals surface area contributed by atoms with E-state index < -0.39 is 0 Å². The number of aldehydes is 1. The van der Waals surface area contributed by atoms with Crippen molar-refractivity contribution in [1.82, 2.24) is 4.90 Å². The molecule has 2 N–H and O–H groups in total. The highest BCUT2D eigenvalue weighted by molar-refractivity contribution is 6.35. The molecule has 1 heterocycles. The minimum absolute atomic E-state index is 0.392. The van der Waals surface area contributed by atoms with Crippen molar-refractivity contribution in [3.8, 4) is 0 Å². The Morgan fingerprint density at radius 2 is 2.29 bits per heavy atom. The van der Waals surface area contributed by atoms with Crippen molar-refractivity contribution < 1.29 is 4.79 Å². The molecule has 0 saturated carbocycles. The van der Waals surface area contributed by atoms with Crippen molar-refractivity contribution in [2.45, 2.75) is 19.8 Å². The first-order chi connectivity index (χ1) is 8.13. The molecule has 0 atom stereocenters. The summed E-state index contributed by atoms with van der Waals surface area (Å²) >= 11 is 0. The van der Waals surface area contributed by atoms with E-state index in [4.69, 9.17) is 5.73 Å². The first-order valence-corrected chi connectivity index (χ1v) is 5.46. The minimum Gasteiger partial charge on any atom is -0.405 e. The van der Waals surface area contributed by atoms with Crippen LogP contribution in [0.25, 0.3) is 0 Å². The Kier molecular flexibility index (Phi) is 4.63. The maximum Gasteiger partial charge on any atom is 0.185 e. The molecular weight excluding hydrogens is 216 g/mol. The van der Waals surface area contributed by atoms with Gasteiger partial charge < -0.3 is 10.6 Å². The zero-order valence-corrected chi connectivity index (χ0v) is 10.5. The first kappa shape index (κ1) is 13.2. The highest BCUT2D eigenvalue weighted by atomic mass is 16.1. The topological polar surface area (TPSA) is 71.0 Å². The van der Waals surface area contributed by atoms with Gasteiger partial charge in [-0.2, -0.15) is 0 Å². The van der Waals surface area contributed by atoms with Gasteiger partial charge in [0, 0.05) is 14.1 Å². The monoisotopic (exact) mass is 234 g/mol. The number of allylic oxidation sites excluding steroid dienone is 2. The molecule has 17 heavy (non-hydrogen) atoms. The van der Waals surface area contributed by atoms with Gasteiger partial charge in [-0.05, 0) is 26.0 Å². The molecule has 5 heteroatoms. The molecule has 1 aliphatic heterocycles. The Morgan fingerprint density at radius 3 is 2.82 bits per heavy atom. The highest BCUT2D eigenvalue weighted by Gasteiger charge is 2.23. The fourth-order valence-electron chi connectivity index (χ4n) is 1.56. The highest BCUT2D eigenvalue weighted by Crippen LogP contribution is 2.16. The maximum absolute atomic E-state index is 10.8. The number of hydrogen-bond acceptors (Lipinski definition) is 4. The molecule has 92 valence electrons. The fourth-order valence-corrected chi connectivity index (χ4v) is 1.56. The van der Waals surface area contributed by atoms with Crippen LogP contribution in [-0.4, -0.2) is 37.0 Å². The van der Waals surface area contributed by atoms with E-state index in [1.165, 1.54) is 0 Å². The fraction of sp³-hybridized carbons (Fsp3) is 0.417. The molecule has 0 aromatic carbocycles. The summed E-state index contributed by atoms with van der Waals surface area (Å²) in [5, 5.41) is 0. The molecule has 5 nitrogen and oxygen atoms in total. The van der Waals surface area contributed by atoms with Gasteiger partial charge >= 0.3 is 0 Å². The van der Waals surface area contributed by atoms with Crippen LogP contribution in [0, 0.1) is 0 Å². The second-order valence-electron chi connectivity index (χ2n) is 3.84. The number of rotatable bonds is 4. The lowest BCUT2D eigenvalue weighted by Crippen LogP contribution is -2.28. The molecule has 0 aromatic heterocycles. The van der Waals surface area contributed by atoms with Crippen molar-refractivity contribution in [2.75, 3.05) is 14.1 Å². The number of nitrogens with zero attached hydrogens (tertiary/aromatic N) is 3. The lowest BCUT2D eigenvalue weighted by Gasteiger charge is -2.10. The zero-order valence-electron chi connectivity index (χ0n) is 10.5. The van der Waals surface area contributed by atoms with E-state index in [-0.39, 0.29) is 0 Å². The number of hydrogen-bond donors (Lipinski definition) is 1. The largest absolute Gasteiger partial charge is 0.405 e. The zero-order chi connectivity index (χ0) is 12.8. The number of nitrogens with two attached hydrogens (primary N) is 1. The van der Waals surface area contributed by atoms with Gasteiger partial charge in [-0.3, -0.25) is 9.79 Å². The third kappa shape index (κ3) is 3.03. The summed E-state index contributed by atoms with van der Waals surface area (Å²) in [6.07, 6.45) is 6.03. The predicted octanol–water partition coefficient (Wildman–Crippen LogP) is 1.08. The Morgan fingerprint density at radius 1 is 1.59 bits per heavy atom. The Bertz CT molecular complexity index is 418. The summed E-state index contributed by atoms with van der Waals surface area (Å²) in [5.74, 6) is 1.12. The number of aliphatic imine (C=N–C) groups is 2. The average Bonchev–Trinajstić information content (AvgIpc) is 2.64. The summed E-state index contributed by atoms with van der Waals surface area (Å²) in [5.41, 5.74) is 7.28.